The van der Waals surface area contributed by atoms with Gasteiger partial charge in [-0.25, -0.2) is 12.8 Å². The van der Waals surface area contributed by atoms with Crippen LogP contribution in [0.4, 0.5) is 4.39 Å². The van der Waals surface area contributed by atoms with Crippen molar-refractivity contribution < 1.29 is 12.8 Å². The predicted octanol–water partition coefficient (Wildman–Crippen LogP) is 4.68. The number of benzene rings is 2. The zero-order chi connectivity index (χ0) is 22.1. The molecule has 3 rings (SSSR count). The molecule has 0 radical (unpaired) electrons. The molecule has 1 aromatic heterocycles. The number of halogens is 2. The standard InChI is InChI=1S/C22H22ClFN2O3S/c1-14(2)4-10-18-19(15-5-8-17(9-6-15)30(3,28)29)13-25-26(22(18)27)16-7-11-21(24)20(23)12-16/h5-9,11-14H,4,10H2,1-3H3. The lowest BCUT2D eigenvalue weighted by Gasteiger charge is -2.14. The Morgan fingerprint density at radius 2 is 1.80 bits per heavy atom. The van der Waals surface area contributed by atoms with E-state index in [4.69, 9.17) is 11.6 Å². The minimum Gasteiger partial charge on any atom is -0.267 e. The van der Waals surface area contributed by atoms with Crippen molar-refractivity contribution in [1.29, 1.82) is 0 Å². The first-order valence-corrected chi connectivity index (χ1v) is 11.7. The lowest BCUT2D eigenvalue weighted by molar-refractivity contribution is 0.582. The topological polar surface area (TPSA) is 69.0 Å². The molecule has 0 aliphatic carbocycles. The molecule has 3 aromatic rings. The molecule has 5 nitrogen and oxygen atoms in total. The summed E-state index contributed by atoms with van der Waals surface area (Å²) in [6, 6.07) is 10.4. The highest BCUT2D eigenvalue weighted by Gasteiger charge is 2.16. The number of aromatic nitrogens is 2. The minimum atomic E-state index is -3.32. The van der Waals surface area contributed by atoms with E-state index < -0.39 is 15.7 Å². The maximum atomic E-state index is 13.5. The van der Waals surface area contributed by atoms with Gasteiger partial charge in [-0.1, -0.05) is 37.6 Å². The second-order valence-corrected chi connectivity index (χ2v) is 10.0. The van der Waals surface area contributed by atoms with E-state index in [0.717, 1.165) is 12.7 Å². The minimum absolute atomic E-state index is 0.0922. The van der Waals surface area contributed by atoms with E-state index >= 15 is 0 Å². The summed E-state index contributed by atoms with van der Waals surface area (Å²) in [5, 5.41) is 4.17. The normalized spacial score (nSPS) is 11.8. The first-order chi connectivity index (χ1) is 14.1. The average molecular weight is 449 g/mol. The first kappa shape index (κ1) is 22.2. The third kappa shape index (κ3) is 4.79. The van der Waals surface area contributed by atoms with Gasteiger partial charge in [-0.05, 0) is 54.7 Å². The van der Waals surface area contributed by atoms with Crippen LogP contribution in [0.3, 0.4) is 0 Å². The maximum absolute atomic E-state index is 13.5. The molecule has 0 unspecified atom stereocenters. The van der Waals surface area contributed by atoms with Crippen molar-refractivity contribution in [3.05, 3.63) is 75.4 Å². The van der Waals surface area contributed by atoms with Gasteiger partial charge in [0, 0.05) is 17.4 Å². The van der Waals surface area contributed by atoms with Crippen LogP contribution in [0, 0.1) is 11.7 Å². The van der Waals surface area contributed by atoms with Crippen molar-refractivity contribution in [2.75, 3.05) is 6.26 Å². The van der Waals surface area contributed by atoms with Gasteiger partial charge in [0.1, 0.15) is 5.82 Å². The number of rotatable bonds is 6. The fourth-order valence-corrected chi connectivity index (χ4v) is 3.90. The van der Waals surface area contributed by atoms with Gasteiger partial charge in [0.25, 0.3) is 5.56 Å². The fraction of sp³-hybridized carbons (Fsp3) is 0.273. The molecule has 0 fully saturated rings. The van der Waals surface area contributed by atoms with E-state index in [-0.39, 0.29) is 15.5 Å². The number of sulfone groups is 1. The molecule has 0 aliphatic rings. The fourth-order valence-electron chi connectivity index (χ4n) is 3.09. The van der Waals surface area contributed by atoms with Gasteiger partial charge < -0.3 is 0 Å². The van der Waals surface area contributed by atoms with Crippen molar-refractivity contribution in [3.8, 4) is 16.8 Å². The smallest absolute Gasteiger partial charge is 0.267 e. The van der Waals surface area contributed by atoms with E-state index in [9.17, 15) is 17.6 Å². The van der Waals surface area contributed by atoms with Crippen LogP contribution in [0.5, 0.6) is 0 Å². The van der Waals surface area contributed by atoms with Gasteiger partial charge in [-0.2, -0.15) is 9.78 Å². The van der Waals surface area contributed by atoms with Crippen LogP contribution in [0.25, 0.3) is 16.8 Å². The van der Waals surface area contributed by atoms with Crippen molar-refractivity contribution in [1.82, 2.24) is 9.78 Å². The number of hydrogen-bond donors (Lipinski definition) is 0. The zero-order valence-electron chi connectivity index (χ0n) is 16.9. The molecule has 0 atom stereocenters. The van der Waals surface area contributed by atoms with Crippen LogP contribution in [-0.4, -0.2) is 24.5 Å². The highest BCUT2D eigenvalue weighted by atomic mass is 35.5. The molecule has 0 saturated carbocycles. The Kier molecular flexibility index (Phi) is 6.43. The molecule has 8 heteroatoms. The van der Waals surface area contributed by atoms with E-state index in [1.165, 1.54) is 35.0 Å². The Labute approximate surface area is 180 Å². The van der Waals surface area contributed by atoms with E-state index in [2.05, 4.69) is 18.9 Å². The van der Waals surface area contributed by atoms with Gasteiger partial charge in [-0.3, -0.25) is 4.79 Å². The van der Waals surface area contributed by atoms with Crippen LogP contribution in [0.2, 0.25) is 5.02 Å². The lowest BCUT2D eigenvalue weighted by atomic mass is 9.96. The summed E-state index contributed by atoms with van der Waals surface area (Å²) >= 11 is 5.87. The number of hydrogen-bond acceptors (Lipinski definition) is 4. The lowest BCUT2D eigenvalue weighted by Crippen LogP contribution is -2.26. The van der Waals surface area contributed by atoms with Crippen molar-refractivity contribution in [2.45, 2.75) is 31.6 Å². The average Bonchev–Trinajstić information content (AvgIpc) is 2.68. The summed E-state index contributed by atoms with van der Waals surface area (Å²) in [5.74, 6) is -0.192. The van der Waals surface area contributed by atoms with E-state index in [0.29, 0.717) is 34.7 Å². The molecule has 2 aromatic carbocycles. The molecule has 1 heterocycles. The Morgan fingerprint density at radius 1 is 1.13 bits per heavy atom. The quantitative estimate of drug-likeness (QED) is 0.548. The highest BCUT2D eigenvalue weighted by molar-refractivity contribution is 7.90. The molecule has 0 bridgehead atoms. The Morgan fingerprint density at radius 3 is 2.37 bits per heavy atom. The number of nitrogens with zero attached hydrogens (tertiary/aromatic N) is 2. The Balaban J connectivity index is 2.14. The molecule has 0 amide bonds. The summed E-state index contributed by atoms with van der Waals surface area (Å²) in [6.07, 6.45) is 4.03. The summed E-state index contributed by atoms with van der Waals surface area (Å²) in [6.45, 7) is 4.14. The Hall–Kier alpha value is -2.51. The zero-order valence-corrected chi connectivity index (χ0v) is 18.5. The van der Waals surface area contributed by atoms with Gasteiger partial charge in [0.15, 0.2) is 9.84 Å². The third-order valence-corrected chi connectivity index (χ3v) is 6.21. The summed E-state index contributed by atoms with van der Waals surface area (Å²) in [5.41, 5.74) is 1.96. The molecule has 158 valence electrons. The molecule has 0 spiro atoms. The summed E-state index contributed by atoms with van der Waals surface area (Å²) < 4.78 is 38.2. The molecular weight excluding hydrogens is 427 g/mol. The van der Waals surface area contributed by atoms with Crippen molar-refractivity contribution >= 4 is 21.4 Å². The van der Waals surface area contributed by atoms with Crippen molar-refractivity contribution in [2.24, 2.45) is 5.92 Å². The highest BCUT2D eigenvalue weighted by Crippen LogP contribution is 2.25. The predicted molar refractivity (Wildman–Crippen MR) is 117 cm³/mol. The van der Waals surface area contributed by atoms with E-state index in [1.54, 1.807) is 18.3 Å². The molecular formula is C22H22ClFN2O3S. The maximum Gasteiger partial charge on any atom is 0.275 e. The van der Waals surface area contributed by atoms with Crippen LogP contribution < -0.4 is 5.56 Å². The Bertz CT molecular complexity index is 1240. The van der Waals surface area contributed by atoms with Crippen LogP contribution >= 0.6 is 11.6 Å². The molecule has 0 aliphatic heterocycles. The monoisotopic (exact) mass is 448 g/mol. The summed E-state index contributed by atoms with van der Waals surface area (Å²) in [4.78, 5) is 13.5. The van der Waals surface area contributed by atoms with E-state index in [1.807, 2.05) is 0 Å². The molecule has 0 saturated heterocycles. The van der Waals surface area contributed by atoms with Gasteiger partial charge in [0.2, 0.25) is 0 Å². The van der Waals surface area contributed by atoms with Crippen LogP contribution in [0.1, 0.15) is 25.8 Å². The second kappa shape index (κ2) is 8.70. The van der Waals surface area contributed by atoms with Gasteiger partial charge >= 0.3 is 0 Å². The first-order valence-electron chi connectivity index (χ1n) is 9.45. The van der Waals surface area contributed by atoms with Gasteiger partial charge in [-0.15, -0.1) is 0 Å². The van der Waals surface area contributed by atoms with Crippen molar-refractivity contribution in [3.63, 3.8) is 0 Å². The van der Waals surface area contributed by atoms with Gasteiger partial charge in [0.05, 0.1) is 21.8 Å². The molecule has 0 N–H and O–H groups in total. The largest absolute Gasteiger partial charge is 0.275 e. The molecule has 30 heavy (non-hydrogen) atoms. The second-order valence-electron chi connectivity index (χ2n) is 7.58. The van der Waals surface area contributed by atoms with Crippen LogP contribution in [0.15, 0.2) is 58.4 Å². The third-order valence-electron chi connectivity index (χ3n) is 4.79. The SMILES string of the molecule is CC(C)CCc1c(-c2ccc(S(C)(=O)=O)cc2)cnn(-c2ccc(F)c(Cl)c2)c1=O. The van der Waals surface area contributed by atoms with Crippen LogP contribution in [-0.2, 0) is 16.3 Å². The summed E-state index contributed by atoms with van der Waals surface area (Å²) in [7, 11) is -3.32.